The second kappa shape index (κ2) is 19.3. The van der Waals surface area contributed by atoms with Gasteiger partial charge in [0.1, 0.15) is 6.17 Å². The highest BCUT2D eigenvalue weighted by atomic mass is 15.4. The van der Waals surface area contributed by atoms with Gasteiger partial charge < -0.3 is 9.80 Å². The average Bonchev–Trinajstić information content (AvgIpc) is 3.12. The molecule has 0 aromatic carbocycles. The van der Waals surface area contributed by atoms with Gasteiger partial charge in [0.25, 0.3) is 0 Å². The number of hydrogen-bond donors (Lipinski definition) is 0. The summed E-state index contributed by atoms with van der Waals surface area (Å²) in [5.74, 6) is 0. The van der Waals surface area contributed by atoms with Gasteiger partial charge in [0.2, 0.25) is 0 Å². The first-order chi connectivity index (χ1) is 14.3. The predicted molar refractivity (Wildman–Crippen MR) is 131 cm³/mol. The first kappa shape index (κ1) is 26.4. The third kappa shape index (κ3) is 13.3. The summed E-state index contributed by atoms with van der Waals surface area (Å²) in [6.07, 6.45) is 32.6. The molecule has 0 N–H and O–H groups in total. The molecule has 2 nitrogen and oxygen atoms in total. The van der Waals surface area contributed by atoms with E-state index in [0.717, 1.165) is 6.54 Å². The summed E-state index contributed by atoms with van der Waals surface area (Å²) in [6.45, 7) is 9.21. The number of hydrogen-bond acceptors (Lipinski definition) is 2. The molecule has 1 aliphatic rings. The summed E-state index contributed by atoms with van der Waals surface area (Å²) in [5, 5.41) is 0. The lowest BCUT2D eigenvalue weighted by Gasteiger charge is -2.32. The molecule has 0 aliphatic carbocycles. The van der Waals surface area contributed by atoms with E-state index in [2.05, 4.69) is 43.0 Å². The quantitative estimate of drug-likeness (QED) is 0.176. The Bertz CT molecular complexity index is 366. The molecule has 0 bridgehead atoms. The van der Waals surface area contributed by atoms with E-state index in [1.165, 1.54) is 129 Å². The van der Waals surface area contributed by atoms with Crippen molar-refractivity contribution in [3.05, 3.63) is 12.4 Å². The highest BCUT2D eigenvalue weighted by molar-refractivity contribution is 4.96. The third-order valence-corrected chi connectivity index (χ3v) is 6.63. The first-order valence-electron chi connectivity index (χ1n) is 13.5. The fraction of sp³-hybridized carbons (Fsp3) is 0.926. The number of unbranched alkanes of at least 4 members (excludes halogenated alkanes) is 16. The maximum Gasteiger partial charge on any atom is 0.101 e. The van der Waals surface area contributed by atoms with E-state index < -0.39 is 0 Å². The minimum absolute atomic E-state index is 0.635. The zero-order valence-corrected chi connectivity index (χ0v) is 20.5. The largest absolute Gasteiger partial charge is 0.356 e. The van der Waals surface area contributed by atoms with Crippen molar-refractivity contribution in [1.82, 2.24) is 9.80 Å². The number of rotatable bonds is 21. The van der Waals surface area contributed by atoms with E-state index in [-0.39, 0.29) is 0 Å². The fourth-order valence-electron chi connectivity index (χ4n) is 4.74. The van der Waals surface area contributed by atoms with E-state index in [9.17, 15) is 0 Å². The molecule has 0 saturated carbocycles. The lowest BCUT2D eigenvalue weighted by atomic mass is 10.0. The Kier molecular flexibility index (Phi) is 17.6. The van der Waals surface area contributed by atoms with E-state index >= 15 is 0 Å². The molecule has 1 rings (SSSR count). The van der Waals surface area contributed by atoms with E-state index in [4.69, 9.17) is 0 Å². The van der Waals surface area contributed by atoms with Crippen molar-refractivity contribution >= 4 is 0 Å². The van der Waals surface area contributed by atoms with Gasteiger partial charge in [-0.2, -0.15) is 0 Å². The van der Waals surface area contributed by atoms with Crippen LogP contribution < -0.4 is 0 Å². The third-order valence-electron chi connectivity index (χ3n) is 6.63. The molecule has 0 amide bonds. The molecule has 1 unspecified atom stereocenters. The van der Waals surface area contributed by atoms with Gasteiger partial charge in [-0.25, -0.2) is 0 Å². The van der Waals surface area contributed by atoms with Gasteiger partial charge >= 0.3 is 0 Å². The van der Waals surface area contributed by atoms with Gasteiger partial charge in [0, 0.05) is 25.5 Å². The van der Waals surface area contributed by atoms with Crippen LogP contribution >= 0.6 is 0 Å². The van der Waals surface area contributed by atoms with Crippen LogP contribution in [-0.2, 0) is 0 Å². The van der Waals surface area contributed by atoms with Crippen LogP contribution in [-0.4, -0.2) is 29.1 Å². The van der Waals surface area contributed by atoms with Gasteiger partial charge in [0.15, 0.2) is 0 Å². The molecule has 0 aromatic rings. The smallest absolute Gasteiger partial charge is 0.101 e. The van der Waals surface area contributed by atoms with Crippen LogP contribution in [0.25, 0.3) is 0 Å². The SMILES string of the molecule is CCCCCCCCCCCCCCCCCCCC1N(CC)C=CN1CCC. The van der Waals surface area contributed by atoms with Gasteiger partial charge in [-0.1, -0.05) is 117 Å². The molecule has 1 heterocycles. The van der Waals surface area contributed by atoms with Gasteiger partial charge in [0.05, 0.1) is 0 Å². The fourth-order valence-corrected chi connectivity index (χ4v) is 4.74. The standard InChI is InChI=1S/C27H54N2/c1-4-7-8-9-10-11-12-13-14-15-16-17-18-19-20-21-22-23-27-28(6-3)25-26-29(27)24-5-2/h25-27H,4-24H2,1-3H3. The maximum atomic E-state index is 2.55. The molecule has 0 radical (unpaired) electrons. The summed E-state index contributed by atoms with van der Waals surface area (Å²) >= 11 is 0. The minimum atomic E-state index is 0.635. The summed E-state index contributed by atoms with van der Waals surface area (Å²) in [4.78, 5) is 5.07. The molecule has 0 aromatic heterocycles. The molecule has 0 spiro atoms. The van der Waals surface area contributed by atoms with Crippen molar-refractivity contribution in [2.45, 2.75) is 149 Å². The Labute approximate surface area is 184 Å². The Hall–Kier alpha value is -0.660. The molecule has 0 saturated heterocycles. The van der Waals surface area contributed by atoms with Crippen LogP contribution in [0.15, 0.2) is 12.4 Å². The van der Waals surface area contributed by atoms with Crippen LogP contribution in [0.5, 0.6) is 0 Å². The second-order valence-electron chi connectivity index (χ2n) is 9.29. The number of nitrogens with zero attached hydrogens (tertiary/aromatic N) is 2. The summed E-state index contributed by atoms with van der Waals surface area (Å²) in [6, 6.07) is 0. The van der Waals surface area contributed by atoms with E-state index in [0.29, 0.717) is 6.17 Å². The molecule has 2 heteroatoms. The van der Waals surface area contributed by atoms with Crippen molar-refractivity contribution < 1.29 is 0 Å². The van der Waals surface area contributed by atoms with Gasteiger partial charge in [-0.05, 0) is 26.2 Å². The van der Waals surface area contributed by atoms with E-state index in [1.807, 2.05) is 0 Å². The monoisotopic (exact) mass is 406 g/mol. The van der Waals surface area contributed by atoms with Crippen LogP contribution in [0.3, 0.4) is 0 Å². The zero-order valence-electron chi connectivity index (χ0n) is 20.5. The predicted octanol–water partition coefficient (Wildman–Crippen LogP) is 8.87. The van der Waals surface area contributed by atoms with Crippen molar-refractivity contribution in [2.75, 3.05) is 13.1 Å². The molecule has 29 heavy (non-hydrogen) atoms. The van der Waals surface area contributed by atoms with Crippen molar-refractivity contribution in [3.63, 3.8) is 0 Å². The lowest BCUT2D eigenvalue weighted by Crippen LogP contribution is -2.38. The Morgan fingerprint density at radius 3 is 1.31 bits per heavy atom. The lowest BCUT2D eigenvalue weighted by molar-refractivity contribution is 0.144. The molecule has 0 fully saturated rings. The maximum absolute atomic E-state index is 2.55. The zero-order chi connectivity index (χ0) is 21.0. The molecule has 172 valence electrons. The average molecular weight is 407 g/mol. The van der Waals surface area contributed by atoms with Crippen LogP contribution in [0.4, 0.5) is 0 Å². The van der Waals surface area contributed by atoms with Crippen LogP contribution in [0.2, 0.25) is 0 Å². The first-order valence-corrected chi connectivity index (χ1v) is 13.5. The van der Waals surface area contributed by atoms with Gasteiger partial charge in [-0.15, -0.1) is 0 Å². The van der Waals surface area contributed by atoms with Crippen LogP contribution in [0.1, 0.15) is 143 Å². The summed E-state index contributed by atoms with van der Waals surface area (Å²) in [7, 11) is 0. The molecular weight excluding hydrogens is 352 g/mol. The summed E-state index contributed by atoms with van der Waals surface area (Å²) in [5.41, 5.74) is 0. The Morgan fingerprint density at radius 1 is 0.483 bits per heavy atom. The van der Waals surface area contributed by atoms with E-state index in [1.54, 1.807) is 0 Å². The summed E-state index contributed by atoms with van der Waals surface area (Å²) < 4.78 is 0. The Morgan fingerprint density at radius 2 is 0.897 bits per heavy atom. The topological polar surface area (TPSA) is 6.48 Å². The minimum Gasteiger partial charge on any atom is -0.356 e. The molecule has 1 aliphatic heterocycles. The second-order valence-corrected chi connectivity index (χ2v) is 9.29. The highest BCUT2D eigenvalue weighted by Crippen LogP contribution is 2.22. The van der Waals surface area contributed by atoms with Crippen molar-refractivity contribution in [1.29, 1.82) is 0 Å². The molecular formula is C27H54N2. The van der Waals surface area contributed by atoms with Crippen LogP contribution in [0, 0.1) is 0 Å². The normalized spacial score (nSPS) is 16.3. The van der Waals surface area contributed by atoms with Crippen molar-refractivity contribution in [3.8, 4) is 0 Å². The molecule has 1 atom stereocenters. The highest BCUT2D eigenvalue weighted by Gasteiger charge is 2.23. The Balaban J connectivity index is 1.82. The van der Waals surface area contributed by atoms with Gasteiger partial charge in [-0.3, -0.25) is 0 Å². The van der Waals surface area contributed by atoms with Crippen molar-refractivity contribution in [2.24, 2.45) is 0 Å².